The minimum Gasteiger partial charge on any atom is -0.351 e. The molecule has 0 aliphatic carbocycles. The first-order valence-corrected chi connectivity index (χ1v) is 8.44. The number of anilines is 1. The molecule has 0 unspecified atom stereocenters. The highest BCUT2D eigenvalue weighted by Crippen LogP contribution is 2.32. The maximum atomic E-state index is 13.4. The number of hydrogen-bond acceptors (Lipinski definition) is 2. The summed E-state index contributed by atoms with van der Waals surface area (Å²) in [6, 6.07) is 9.65. The molecule has 1 aliphatic rings. The van der Waals surface area contributed by atoms with Crippen molar-refractivity contribution >= 4 is 40.5 Å². The average molecular weight is 394 g/mol. The van der Waals surface area contributed by atoms with Crippen LogP contribution in [0.4, 0.5) is 14.5 Å². The van der Waals surface area contributed by atoms with Gasteiger partial charge in [-0.05, 0) is 42.9 Å². The second-order valence-corrected chi connectivity index (χ2v) is 6.49. The largest absolute Gasteiger partial charge is 0.351 e. The number of benzene rings is 2. The van der Waals surface area contributed by atoms with Gasteiger partial charge in [-0.25, -0.2) is 8.78 Å². The molecule has 1 aliphatic heterocycles. The Balaban J connectivity index is 1.97. The fourth-order valence-electron chi connectivity index (χ4n) is 2.71. The summed E-state index contributed by atoms with van der Waals surface area (Å²) in [6.45, 7) is 1.71. The Morgan fingerprint density at radius 3 is 2.62 bits per heavy atom. The molecule has 1 atom stereocenters. The van der Waals surface area contributed by atoms with Crippen LogP contribution in [0.25, 0.3) is 0 Å². The van der Waals surface area contributed by atoms with E-state index in [9.17, 15) is 13.6 Å². The van der Waals surface area contributed by atoms with Gasteiger partial charge in [-0.15, -0.1) is 0 Å². The van der Waals surface area contributed by atoms with Crippen LogP contribution in [-0.4, -0.2) is 11.0 Å². The molecule has 134 valence electrons. The van der Waals surface area contributed by atoms with Crippen molar-refractivity contribution in [3.8, 4) is 0 Å². The molecule has 0 saturated carbocycles. The van der Waals surface area contributed by atoms with Crippen LogP contribution in [0.15, 0.2) is 53.7 Å². The van der Waals surface area contributed by atoms with Gasteiger partial charge >= 0.3 is 0 Å². The number of hydrogen-bond donors (Lipinski definition) is 3. The van der Waals surface area contributed by atoms with Gasteiger partial charge in [0.2, 0.25) is 0 Å². The second kappa shape index (κ2) is 7.39. The Hall–Kier alpha value is -2.51. The summed E-state index contributed by atoms with van der Waals surface area (Å²) in [4.78, 5) is 12.8. The molecule has 0 bridgehead atoms. The lowest BCUT2D eigenvalue weighted by Gasteiger charge is -2.30. The maximum absolute atomic E-state index is 13.4. The number of carbonyl (C=O) groups is 1. The summed E-state index contributed by atoms with van der Waals surface area (Å²) in [5, 5.41) is 9.33. The van der Waals surface area contributed by atoms with Crippen molar-refractivity contribution in [3.63, 3.8) is 0 Å². The predicted octanol–water partition coefficient (Wildman–Crippen LogP) is 4.05. The smallest absolute Gasteiger partial charge is 0.255 e. The Kier molecular flexibility index (Phi) is 5.20. The topological polar surface area (TPSA) is 53.2 Å². The van der Waals surface area contributed by atoms with Gasteiger partial charge in [-0.3, -0.25) is 4.79 Å². The molecule has 0 radical (unpaired) electrons. The molecule has 0 saturated heterocycles. The van der Waals surface area contributed by atoms with Crippen molar-refractivity contribution < 1.29 is 13.6 Å². The van der Waals surface area contributed by atoms with Crippen LogP contribution in [0.3, 0.4) is 0 Å². The fraction of sp³-hybridized carbons (Fsp3) is 0.111. The molecule has 2 aromatic rings. The van der Waals surface area contributed by atoms with E-state index in [1.54, 1.807) is 31.2 Å². The van der Waals surface area contributed by atoms with Crippen LogP contribution >= 0.6 is 23.8 Å². The SMILES string of the molecule is CC1=C(C(=O)Nc2ccc(F)c(F)c2)[C@@H](c2ccccc2Cl)NC(=S)N1. The van der Waals surface area contributed by atoms with Crippen LogP contribution in [-0.2, 0) is 4.79 Å². The van der Waals surface area contributed by atoms with Crippen molar-refractivity contribution in [2.24, 2.45) is 0 Å². The van der Waals surface area contributed by atoms with Crippen LogP contribution in [0, 0.1) is 11.6 Å². The molecule has 3 rings (SSSR count). The van der Waals surface area contributed by atoms with Crippen molar-refractivity contribution in [2.45, 2.75) is 13.0 Å². The number of nitrogens with one attached hydrogen (secondary N) is 3. The Labute approximate surface area is 159 Å². The maximum Gasteiger partial charge on any atom is 0.255 e. The van der Waals surface area contributed by atoms with E-state index < -0.39 is 23.6 Å². The highest BCUT2D eigenvalue weighted by Gasteiger charge is 2.31. The zero-order valence-electron chi connectivity index (χ0n) is 13.6. The number of allylic oxidation sites excluding steroid dienone is 1. The van der Waals surface area contributed by atoms with Crippen molar-refractivity contribution in [1.82, 2.24) is 10.6 Å². The van der Waals surface area contributed by atoms with Crippen molar-refractivity contribution in [1.29, 1.82) is 0 Å². The van der Waals surface area contributed by atoms with Gasteiger partial charge in [0, 0.05) is 22.5 Å². The first-order valence-electron chi connectivity index (χ1n) is 7.66. The van der Waals surface area contributed by atoms with Crippen LogP contribution in [0.2, 0.25) is 5.02 Å². The van der Waals surface area contributed by atoms with Gasteiger partial charge in [0.25, 0.3) is 5.91 Å². The van der Waals surface area contributed by atoms with E-state index in [4.69, 9.17) is 23.8 Å². The van der Waals surface area contributed by atoms with Gasteiger partial charge in [0.15, 0.2) is 16.7 Å². The molecule has 2 aromatic carbocycles. The first kappa shape index (κ1) is 18.3. The minimum atomic E-state index is -1.04. The predicted molar refractivity (Wildman–Crippen MR) is 101 cm³/mol. The van der Waals surface area contributed by atoms with E-state index in [0.717, 1.165) is 12.1 Å². The lowest BCUT2D eigenvalue weighted by atomic mass is 9.95. The molecule has 0 aromatic heterocycles. The summed E-state index contributed by atoms with van der Waals surface area (Å²) >= 11 is 11.5. The van der Waals surface area contributed by atoms with Gasteiger partial charge in [-0.1, -0.05) is 29.8 Å². The van der Waals surface area contributed by atoms with E-state index in [-0.39, 0.29) is 5.69 Å². The van der Waals surface area contributed by atoms with Gasteiger partial charge in [0.1, 0.15) is 0 Å². The number of thiocarbonyl (C=S) groups is 1. The lowest BCUT2D eigenvalue weighted by molar-refractivity contribution is -0.113. The molecular formula is C18H14ClF2N3OS. The first-order chi connectivity index (χ1) is 12.4. The molecule has 1 heterocycles. The van der Waals surface area contributed by atoms with Crippen LogP contribution in [0.1, 0.15) is 18.5 Å². The van der Waals surface area contributed by atoms with Gasteiger partial charge in [-0.2, -0.15) is 0 Å². The Bertz CT molecular complexity index is 932. The standard InChI is InChI=1S/C18H14ClF2N3OS/c1-9-15(17(25)23-10-6-7-13(20)14(21)8-10)16(24-18(26)22-9)11-4-2-3-5-12(11)19/h2-8,16H,1H3,(H,23,25)(H2,22,24,26)/t16-/m1/s1. The minimum absolute atomic E-state index is 0.139. The third kappa shape index (κ3) is 3.68. The quantitative estimate of drug-likeness (QED) is 0.689. The van der Waals surface area contributed by atoms with Gasteiger partial charge in [0.05, 0.1) is 11.6 Å². The van der Waals surface area contributed by atoms with Gasteiger partial charge < -0.3 is 16.0 Å². The molecule has 8 heteroatoms. The second-order valence-electron chi connectivity index (χ2n) is 5.67. The van der Waals surface area contributed by atoms with Crippen molar-refractivity contribution in [3.05, 3.63) is 76.0 Å². The summed E-state index contributed by atoms with van der Waals surface area (Å²) in [6.07, 6.45) is 0. The number of carbonyl (C=O) groups excluding carboxylic acids is 1. The van der Waals surface area contributed by atoms with Crippen LogP contribution in [0.5, 0.6) is 0 Å². The molecule has 0 fully saturated rings. The number of halogens is 3. The Morgan fingerprint density at radius 1 is 1.19 bits per heavy atom. The van der Waals surface area contributed by atoms with Crippen molar-refractivity contribution in [2.75, 3.05) is 5.32 Å². The zero-order chi connectivity index (χ0) is 18.8. The van der Waals surface area contributed by atoms with E-state index in [1.807, 2.05) is 0 Å². The third-order valence-corrected chi connectivity index (χ3v) is 4.47. The fourth-order valence-corrected chi connectivity index (χ4v) is 3.23. The molecule has 4 nitrogen and oxygen atoms in total. The average Bonchev–Trinajstić information content (AvgIpc) is 2.57. The molecule has 1 amide bonds. The third-order valence-electron chi connectivity index (χ3n) is 3.91. The summed E-state index contributed by atoms with van der Waals surface area (Å²) < 4.78 is 26.5. The highest BCUT2D eigenvalue weighted by atomic mass is 35.5. The summed E-state index contributed by atoms with van der Waals surface area (Å²) in [7, 11) is 0. The van der Waals surface area contributed by atoms with E-state index in [2.05, 4.69) is 16.0 Å². The Morgan fingerprint density at radius 2 is 1.92 bits per heavy atom. The summed E-state index contributed by atoms with van der Waals surface area (Å²) in [5.41, 5.74) is 1.70. The van der Waals surface area contributed by atoms with E-state index >= 15 is 0 Å². The monoisotopic (exact) mass is 393 g/mol. The number of amides is 1. The van der Waals surface area contributed by atoms with E-state index in [1.165, 1.54) is 6.07 Å². The van der Waals surface area contributed by atoms with E-state index in [0.29, 0.717) is 27.0 Å². The lowest BCUT2D eigenvalue weighted by Crippen LogP contribution is -2.45. The van der Waals surface area contributed by atoms with Crippen LogP contribution < -0.4 is 16.0 Å². The molecular weight excluding hydrogens is 380 g/mol. The molecule has 3 N–H and O–H groups in total. The summed E-state index contributed by atoms with van der Waals surface area (Å²) in [5.74, 6) is -2.52. The molecule has 0 spiro atoms. The highest BCUT2D eigenvalue weighted by molar-refractivity contribution is 7.80. The number of rotatable bonds is 3. The normalized spacial score (nSPS) is 16.8. The zero-order valence-corrected chi connectivity index (χ0v) is 15.1. The molecule has 26 heavy (non-hydrogen) atoms.